The molecule has 0 unspecified atom stereocenters. The van der Waals surface area contributed by atoms with Gasteiger partial charge >= 0.3 is 0 Å². The van der Waals surface area contributed by atoms with Crippen LogP contribution in [0.3, 0.4) is 0 Å². The third kappa shape index (κ3) is 3.83. The summed E-state index contributed by atoms with van der Waals surface area (Å²) in [5, 5.41) is 3.04. The molecule has 0 saturated heterocycles. The Morgan fingerprint density at radius 1 is 1.14 bits per heavy atom. The monoisotopic (exact) mass is 313 g/mol. The van der Waals surface area contributed by atoms with E-state index in [9.17, 15) is 4.79 Å². The number of amides is 1. The first-order valence-corrected chi connectivity index (χ1v) is 7.41. The van der Waals surface area contributed by atoms with E-state index >= 15 is 0 Å². The Hall–Kier alpha value is -2.40. The molecule has 2 aromatic carbocycles. The Labute approximate surface area is 135 Å². The predicted molar refractivity (Wildman–Crippen MR) is 95.0 cm³/mol. The molecule has 0 aromatic heterocycles. The van der Waals surface area contributed by atoms with E-state index < -0.39 is 6.04 Å². The zero-order chi connectivity index (χ0) is 16.1. The normalized spacial score (nSPS) is 11.5. The van der Waals surface area contributed by atoms with Crippen LogP contribution in [0.4, 0.5) is 11.4 Å². The lowest BCUT2D eigenvalue weighted by molar-refractivity contribution is -0.116. The number of thiocarbonyl (C=S) groups is 1. The third-order valence-corrected chi connectivity index (χ3v) is 3.55. The molecule has 3 N–H and O–H groups in total. The van der Waals surface area contributed by atoms with Crippen molar-refractivity contribution in [3.8, 4) is 0 Å². The molecule has 2 aromatic rings. The van der Waals surface area contributed by atoms with Crippen molar-refractivity contribution in [3.63, 3.8) is 0 Å². The second-order valence-electron chi connectivity index (χ2n) is 5.08. The number of carbonyl (C=O) groups excluding carboxylic acids is 1. The van der Waals surface area contributed by atoms with Crippen LogP contribution in [0, 0.1) is 6.92 Å². The fourth-order valence-corrected chi connectivity index (χ4v) is 2.39. The molecule has 0 aliphatic heterocycles. The van der Waals surface area contributed by atoms with Crippen LogP contribution < -0.4 is 16.0 Å². The van der Waals surface area contributed by atoms with Gasteiger partial charge in [0.15, 0.2) is 5.11 Å². The summed E-state index contributed by atoms with van der Waals surface area (Å²) >= 11 is 5.10. The van der Waals surface area contributed by atoms with Gasteiger partial charge < -0.3 is 16.0 Å². The van der Waals surface area contributed by atoms with Crippen LogP contribution in [0.25, 0.3) is 0 Å². The zero-order valence-electron chi connectivity index (χ0n) is 12.6. The minimum absolute atomic E-state index is 0.165. The molecular formula is C17H19N3OS. The number of nitrogens with two attached hydrogens (primary N) is 1. The third-order valence-electron chi connectivity index (χ3n) is 3.36. The van der Waals surface area contributed by atoms with Crippen LogP contribution in [0.2, 0.25) is 0 Å². The van der Waals surface area contributed by atoms with Crippen molar-refractivity contribution in [2.75, 3.05) is 10.2 Å². The molecule has 0 spiro atoms. The Morgan fingerprint density at radius 2 is 1.73 bits per heavy atom. The van der Waals surface area contributed by atoms with Crippen molar-refractivity contribution >= 4 is 34.6 Å². The van der Waals surface area contributed by atoms with Crippen molar-refractivity contribution < 1.29 is 4.79 Å². The summed E-state index contributed by atoms with van der Waals surface area (Å²) in [4.78, 5) is 14.1. The molecule has 0 radical (unpaired) electrons. The summed E-state index contributed by atoms with van der Waals surface area (Å²) in [5.41, 5.74) is 8.48. The molecule has 5 heteroatoms. The number of nitrogens with one attached hydrogen (secondary N) is 1. The quantitative estimate of drug-likeness (QED) is 0.852. The van der Waals surface area contributed by atoms with Crippen molar-refractivity contribution in [2.24, 2.45) is 5.73 Å². The zero-order valence-corrected chi connectivity index (χ0v) is 13.4. The van der Waals surface area contributed by atoms with Crippen LogP contribution in [0.5, 0.6) is 0 Å². The lowest BCUT2D eigenvalue weighted by Crippen LogP contribution is -2.48. The highest BCUT2D eigenvalue weighted by atomic mass is 32.1. The van der Waals surface area contributed by atoms with Crippen LogP contribution in [-0.2, 0) is 4.79 Å². The number of rotatable bonds is 4. The highest BCUT2D eigenvalue weighted by molar-refractivity contribution is 7.80. The Bertz CT molecular complexity index is 655. The molecule has 22 heavy (non-hydrogen) atoms. The summed E-state index contributed by atoms with van der Waals surface area (Å²) < 4.78 is 0. The summed E-state index contributed by atoms with van der Waals surface area (Å²) in [7, 11) is 0. The number of carbonyl (C=O) groups is 1. The first kappa shape index (κ1) is 16.0. The molecule has 0 aliphatic carbocycles. The van der Waals surface area contributed by atoms with Crippen molar-refractivity contribution in [1.82, 2.24) is 0 Å². The molecule has 4 nitrogen and oxygen atoms in total. The molecule has 114 valence electrons. The minimum Gasteiger partial charge on any atom is -0.376 e. The van der Waals surface area contributed by atoms with Crippen LogP contribution in [0.1, 0.15) is 12.5 Å². The second-order valence-corrected chi connectivity index (χ2v) is 5.49. The molecule has 0 heterocycles. The summed E-state index contributed by atoms with van der Waals surface area (Å²) in [6, 6.07) is 16.5. The van der Waals surface area contributed by atoms with E-state index in [4.69, 9.17) is 18.0 Å². The molecular weight excluding hydrogens is 294 g/mol. The summed E-state index contributed by atoms with van der Waals surface area (Å²) in [6.45, 7) is 3.77. The van der Waals surface area contributed by atoms with E-state index in [2.05, 4.69) is 5.32 Å². The standard InChI is InChI=1S/C17H19N3OS/c1-12-8-10-14(11-9-12)19-16(21)13(2)20(17(18)22)15-6-4-3-5-7-15/h3-11,13H,1-2H3,(H2,18,22)(H,19,21)/t13-/m0/s1. The molecule has 2 rings (SSSR count). The average Bonchev–Trinajstić information content (AvgIpc) is 2.50. The lowest BCUT2D eigenvalue weighted by atomic mass is 10.2. The minimum atomic E-state index is -0.513. The van der Waals surface area contributed by atoms with Gasteiger partial charge in [-0.05, 0) is 50.3 Å². The summed E-state index contributed by atoms with van der Waals surface area (Å²) in [6.07, 6.45) is 0. The Balaban J connectivity index is 2.16. The topological polar surface area (TPSA) is 58.4 Å². The molecule has 0 aliphatic rings. The maximum absolute atomic E-state index is 12.4. The van der Waals surface area contributed by atoms with E-state index in [-0.39, 0.29) is 11.0 Å². The lowest BCUT2D eigenvalue weighted by Gasteiger charge is -2.28. The number of aryl methyl sites for hydroxylation is 1. The first-order chi connectivity index (χ1) is 10.5. The second kappa shape index (κ2) is 7.04. The fourth-order valence-electron chi connectivity index (χ4n) is 2.13. The molecule has 0 saturated carbocycles. The van der Waals surface area contributed by atoms with E-state index in [0.29, 0.717) is 0 Å². The van der Waals surface area contributed by atoms with Gasteiger partial charge in [-0.25, -0.2) is 0 Å². The summed E-state index contributed by atoms with van der Waals surface area (Å²) in [5.74, 6) is -0.166. The number of hydrogen-bond donors (Lipinski definition) is 2. The molecule has 1 atom stereocenters. The van der Waals surface area contributed by atoms with E-state index in [1.165, 1.54) is 0 Å². The van der Waals surface area contributed by atoms with Gasteiger partial charge in [0.2, 0.25) is 5.91 Å². The van der Waals surface area contributed by atoms with E-state index in [1.54, 1.807) is 11.8 Å². The van der Waals surface area contributed by atoms with Gasteiger partial charge in [0, 0.05) is 11.4 Å². The predicted octanol–water partition coefficient (Wildman–Crippen LogP) is 3.07. The number of para-hydroxylation sites is 1. The van der Waals surface area contributed by atoms with Crippen molar-refractivity contribution in [2.45, 2.75) is 19.9 Å². The maximum atomic E-state index is 12.4. The largest absolute Gasteiger partial charge is 0.376 e. The molecule has 1 amide bonds. The van der Waals surface area contributed by atoms with E-state index in [0.717, 1.165) is 16.9 Å². The Morgan fingerprint density at radius 3 is 2.27 bits per heavy atom. The van der Waals surface area contributed by atoms with Gasteiger partial charge in [-0.15, -0.1) is 0 Å². The number of benzene rings is 2. The number of hydrogen-bond acceptors (Lipinski definition) is 2. The van der Waals surface area contributed by atoms with Crippen LogP contribution in [0.15, 0.2) is 54.6 Å². The van der Waals surface area contributed by atoms with Crippen LogP contribution in [-0.4, -0.2) is 17.1 Å². The molecule has 0 bridgehead atoms. The van der Waals surface area contributed by atoms with Gasteiger partial charge in [-0.3, -0.25) is 4.79 Å². The van der Waals surface area contributed by atoms with Crippen LogP contribution >= 0.6 is 12.2 Å². The maximum Gasteiger partial charge on any atom is 0.247 e. The van der Waals surface area contributed by atoms with Gasteiger partial charge in [0.25, 0.3) is 0 Å². The van der Waals surface area contributed by atoms with E-state index in [1.807, 2.05) is 61.5 Å². The number of anilines is 2. The van der Waals surface area contributed by atoms with Gasteiger partial charge in [-0.2, -0.15) is 0 Å². The Kier molecular flexibility index (Phi) is 5.12. The fraction of sp³-hybridized carbons (Fsp3) is 0.176. The highest BCUT2D eigenvalue weighted by Gasteiger charge is 2.23. The van der Waals surface area contributed by atoms with Gasteiger partial charge in [-0.1, -0.05) is 35.9 Å². The first-order valence-electron chi connectivity index (χ1n) is 7.00. The van der Waals surface area contributed by atoms with Crippen molar-refractivity contribution in [1.29, 1.82) is 0 Å². The smallest absolute Gasteiger partial charge is 0.247 e. The molecule has 0 fully saturated rings. The van der Waals surface area contributed by atoms with Gasteiger partial charge in [0.05, 0.1) is 0 Å². The average molecular weight is 313 g/mol. The number of nitrogens with zero attached hydrogens (tertiary/aromatic N) is 1. The van der Waals surface area contributed by atoms with Gasteiger partial charge in [0.1, 0.15) is 6.04 Å². The highest BCUT2D eigenvalue weighted by Crippen LogP contribution is 2.18. The SMILES string of the molecule is Cc1ccc(NC(=O)[C@H](C)N(C(N)=S)c2ccccc2)cc1. The van der Waals surface area contributed by atoms with Crippen molar-refractivity contribution in [3.05, 3.63) is 60.2 Å².